The standard InChI is InChI=1S/C19H19F3N6/c1-11-10-16(28-27-11)25-18-13-6-8-23-9-7-15(13)24-17(26-18)12-4-2-3-5-14(12)19(20,21)22/h2-5,10,23H,6-9H2,1H3,(H2,24,25,26,27,28). The smallest absolute Gasteiger partial charge is 0.323 e. The van der Waals surface area contributed by atoms with Gasteiger partial charge in [-0.25, -0.2) is 9.97 Å². The van der Waals surface area contributed by atoms with Gasteiger partial charge in [-0.1, -0.05) is 18.2 Å². The van der Waals surface area contributed by atoms with Gasteiger partial charge in [-0.05, 0) is 26.0 Å². The van der Waals surface area contributed by atoms with Crippen molar-refractivity contribution in [2.24, 2.45) is 0 Å². The SMILES string of the molecule is Cc1cc(Nc2nc(-c3ccccc3C(F)(F)F)nc3c2CCNCC3)n[nH]1. The zero-order chi connectivity index (χ0) is 19.7. The number of rotatable bonds is 3. The molecular formula is C19H19F3N6. The van der Waals surface area contributed by atoms with E-state index in [4.69, 9.17) is 0 Å². The van der Waals surface area contributed by atoms with Crippen molar-refractivity contribution in [2.45, 2.75) is 25.9 Å². The molecule has 0 saturated heterocycles. The Morgan fingerprint density at radius 2 is 1.86 bits per heavy atom. The minimum atomic E-state index is -4.48. The summed E-state index contributed by atoms with van der Waals surface area (Å²) in [4.78, 5) is 8.98. The van der Waals surface area contributed by atoms with Crippen LogP contribution in [0, 0.1) is 6.92 Å². The third kappa shape index (κ3) is 3.70. The van der Waals surface area contributed by atoms with Crippen LogP contribution in [0.1, 0.15) is 22.5 Å². The molecule has 0 spiro atoms. The molecule has 1 aliphatic heterocycles. The fourth-order valence-electron chi connectivity index (χ4n) is 3.30. The summed E-state index contributed by atoms with van der Waals surface area (Å²) in [7, 11) is 0. The molecule has 3 heterocycles. The summed E-state index contributed by atoms with van der Waals surface area (Å²) in [6.07, 6.45) is -3.18. The van der Waals surface area contributed by atoms with Crippen molar-refractivity contribution >= 4 is 11.6 Å². The molecule has 0 amide bonds. The van der Waals surface area contributed by atoms with Gasteiger partial charge < -0.3 is 10.6 Å². The van der Waals surface area contributed by atoms with Gasteiger partial charge in [-0.15, -0.1) is 0 Å². The number of hydrogen-bond acceptors (Lipinski definition) is 5. The normalized spacial score (nSPS) is 14.4. The molecule has 1 aliphatic rings. The van der Waals surface area contributed by atoms with Gasteiger partial charge in [0.25, 0.3) is 0 Å². The van der Waals surface area contributed by atoms with Crippen LogP contribution in [0.3, 0.4) is 0 Å². The summed E-state index contributed by atoms with van der Waals surface area (Å²) in [6.45, 7) is 3.34. The maximum atomic E-state index is 13.5. The fourth-order valence-corrected chi connectivity index (χ4v) is 3.30. The number of aromatic amines is 1. The van der Waals surface area contributed by atoms with Gasteiger partial charge in [0.05, 0.1) is 11.3 Å². The van der Waals surface area contributed by atoms with E-state index in [0.29, 0.717) is 31.0 Å². The van der Waals surface area contributed by atoms with E-state index >= 15 is 0 Å². The number of H-pyrrole nitrogens is 1. The lowest BCUT2D eigenvalue weighted by Crippen LogP contribution is -2.16. The van der Waals surface area contributed by atoms with Gasteiger partial charge in [0, 0.05) is 35.9 Å². The van der Waals surface area contributed by atoms with Crippen LogP contribution >= 0.6 is 0 Å². The molecule has 146 valence electrons. The Morgan fingerprint density at radius 1 is 1.07 bits per heavy atom. The number of aromatic nitrogens is 4. The Hall–Kier alpha value is -2.94. The maximum Gasteiger partial charge on any atom is 0.417 e. The molecule has 2 aromatic heterocycles. The molecule has 3 aromatic rings. The van der Waals surface area contributed by atoms with E-state index in [1.807, 2.05) is 13.0 Å². The number of fused-ring (bicyclic) bond motifs is 1. The van der Waals surface area contributed by atoms with E-state index in [1.54, 1.807) is 6.07 Å². The molecule has 3 N–H and O–H groups in total. The predicted octanol–water partition coefficient (Wildman–Crippen LogP) is 3.63. The van der Waals surface area contributed by atoms with Crippen molar-refractivity contribution in [3.05, 3.63) is 52.8 Å². The largest absolute Gasteiger partial charge is 0.417 e. The topological polar surface area (TPSA) is 78.5 Å². The van der Waals surface area contributed by atoms with Crippen LogP contribution < -0.4 is 10.6 Å². The second kappa shape index (κ2) is 7.23. The van der Waals surface area contributed by atoms with Crippen LogP contribution in [0.5, 0.6) is 0 Å². The van der Waals surface area contributed by atoms with Gasteiger partial charge in [-0.2, -0.15) is 18.3 Å². The van der Waals surface area contributed by atoms with Gasteiger partial charge in [0.2, 0.25) is 0 Å². The second-order valence-electron chi connectivity index (χ2n) is 6.68. The Morgan fingerprint density at radius 3 is 2.61 bits per heavy atom. The molecule has 0 bridgehead atoms. The second-order valence-corrected chi connectivity index (χ2v) is 6.68. The quantitative estimate of drug-likeness (QED) is 0.639. The lowest BCUT2D eigenvalue weighted by atomic mass is 10.0. The highest BCUT2D eigenvalue weighted by molar-refractivity contribution is 5.66. The van der Waals surface area contributed by atoms with E-state index in [2.05, 4.69) is 30.8 Å². The van der Waals surface area contributed by atoms with Crippen molar-refractivity contribution in [1.29, 1.82) is 0 Å². The van der Waals surface area contributed by atoms with Crippen LogP contribution in [0.2, 0.25) is 0 Å². The first-order valence-electron chi connectivity index (χ1n) is 8.98. The average molecular weight is 388 g/mol. The number of aryl methyl sites for hydroxylation is 1. The van der Waals surface area contributed by atoms with E-state index in [1.165, 1.54) is 12.1 Å². The van der Waals surface area contributed by atoms with E-state index in [9.17, 15) is 13.2 Å². The van der Waals surface area contributed by atoms with E-state index in [0.717, 1.165) is 29.6 Å². The van der Waals surface area contributed by atoms with E-state index in [-0.39, 0.29) is 11.4 Å². The highest BCUT2D eigenvalue weighted by Crippen LogP contribution is 2.37. The zero-order valence-electron chi connectivity index (χ0n) is 15.2. The first kappa shape index (κ1) is 18.4. The van der Waals surface area contributed by atoms with Crippen LogP contribution in [0.15, 0.2) is 30.3 Å². The summed E-state index contributed by atoms with van der Waals surface area (Å²) in [5, 5.41) is 13.4. The molecule has 0 aliphatic carbocycles. The number of halogens is 3. The molecule has 6 nitrogen and oxygen atoms in total. The zero-order valence-corrected chi connectivity index (χ0v) is 15.2. The predicted molar refractivity (Wildman–Crippen MR) is 99.4 cm³/mol. The fraction of sp³-hybridized carbons (Fsp3) is 0.316. The number of anilines is 2. The van der Waals surface area contributed by atoms with Gasteiger partial charge >= 0.3 is 6.18 Å². The lowest BCUT2D eigenvalue weighted by molar-refractivity contribution is -0.137. The van der Waals surface area contributed by atoms with Crippen molar-refractivity contribution in [2.75, 3.05) is 18.4 Å². The molecule has 28 heavy (non-hydrogen) atoms. The van der Waals surface area contributed by atoms with Gasteiger partial charge in [-0.3, -0.25) is 5.10 Å². The summed E-state index contributed by atoms with van der Waals surface area (Å²) < 4.78 is 40.5. The van der Waals surface area contributed by atoms with Crippen molar-refractivity contribution in [1.82, 2.24) is 25.5 Å². The summed E-state index contributed by atoms with van der Waals surface area (Å²) in [6, 6.07) is 7.20. The maximum absolute atomic E-state index is 13.5. The number of hydrogen-bond donors (Lipinski definition) is 3. The molecule has 1 aromatic carbocycles. The summed E-state index contributed by atoms with van der Waals surface area (Å²) in [5.74, 6) is 1.11. The number of nitrogens with zero attached hydrogens (tertiary/aromatic N) is 3. The van der Waals surface area contributed by atoms with Crippen LogP contribution in [-0.2, 0) is 19.0 Å². The minimum absolute atomic E-state index is 0.0312. The molecular weight excluding hydrogens is 369 g/mol. The van der Waals surface area contributed by atoms with Crippen LogP contribution in [0.25, 0.3) is 11.4 Å². The number of nitrogens with one attached hydrogen (secondary N) is 3. The molecule has 0 unspecified atom stereocenters. The van der Waals surface area contributed by atoms with Gasteiger partial charge in [0.15, 0.2) is 11.6 Å². The Balaban J connectivity index is 1.85. The van der Waals surface area contributed by atoms with Crippen molar-refractivity contribution in [3.8, 4) is 11.4 Å². The molecule has 4 rings (SSSR count). The monoisotopic (exact) mass is 388 g/mol. The van der Waals surface area contributed by atoms with E-state index < -0.39 is 11.7 Å². The molecule has 9 heteroatoms. The molecule has 0 radical (unpaired) electrons. The lowest BCUT2D eigenvalue weighted by Gasteiger charge is -2.16. The number of benzene rings is 1. The Kier molecular flexibility index (Phi) is 4.76. The minimum Gasteiger partial charge on any atom is -0.323 e. The van der Waals surface area contributed by atoms with Crippen LogP contribution in [0.4, 0.5) is 24.8 Å². The molecule has 0 saturated carbocycles. The molecule has 0 fully saturated rings. The first-order chi connectivity index (χ1) is 13.4. The highest BCUT2D eigenvalue weighted by Gasteiger charge is 2.34. The van der Waals surface area contributed by atoms with Crippen molar-refractivity contribution in [3.63, 3.8) is 0 Å². The number of alkyl halides is 3. The summed E-state index contributed by atoms with van der Waals surface area (Å²) >= 11 is 0. The van der Waals surface area contributed by atoms with Crippen molar-refractivity contribution < 1.29 is 13.2 Å². The molecule has 0 atom stereocenters. The Bertz CT molecular complexity index is 996. The Labute approximate surface area is 159 Å². The van der Waals surface area contributed by atoms with Crippen LogP contribution in [-0.4, -0.2) is 33.3 Å². The third-order valence-electron chi connectivity index (χ3n) is 4.61. The van der Waals surface area contributed by atoms with Gasteiger partial charge in [0.1, 0.15) is 5.82 Å². The average Bonchev–Trinajstić information content (AvgIpc) is 2.92. The summed E-state index contributed by atoms with van der Waals surface area (Å²) in [5.41, 5.74) is 1.74. The third-order valence-corrected chi connectivity index (χ3v) is 4.61. The first-order valence-corrected chi connectivity index (χ1v) is 8.98. The highest BCUT2D eigenvalue weighted by atomic mass is 19.4.